The minimum absolute atomic E-state index is 0.0832. The maximum atomic E-state index is 10.8. The van der Waals surface area contributed by atoms with Crippen molar-refractivity contribution >= 4 is 5.69 Å². The predicted molar refractivity (Wildman–Crippen MR) is 61.5 cm³/mol. The molecule has 1 aliphatic heterocycles. The Labute approximate surface area is 108 Å². The number of para-hydroxylation sites is 2. The average Bonchev–Trinajstić information content (AvgIpc) is 2.40. The molecule has 1 aliphatic rings. The second kappa shape index (κ2) is 5.49. The molecule has 0 aromatic heterocycles. The molecule has 0 unspecified atom stereocenters. The Morgan fingerprint density at radius 2 is 1.95 bits per heavy atom. The standard InChI is InChI=1S/C11H13NO7/c13-7-5-18-11(10(15)9(7)14)19-8-4-2-1-3-6(8)12(16)17/h1-4,7,9-11,13-15H,5H2/t7-,9+,10+,11+/m0/s1. The zero-order chi connectivity index (χ0) is 14.0. The molecular formula is C11H13NO7. The maximum Gasteiger partial charge on any atom is 0.311 e. The summed E-state index contributed by atoms with van der Waals surface area (Å²) in [5.41, 5.74) is -0.279. The largest absolute Gasteiger partial charge is 0.455 e. The van der Waals surface area contributed by atoms with Crippen LogP contribution in [0, 0.1) is 10.1 Å². The maximum absolute atomic E-state index is 10.8. The van der Waals surface area contributed by atoms with Crippen molar-refractivity contribution in [3.8, 4) is 5.75 Å². The van der Waals surface area contributed by atoms with Gasteiger partial charge in [0, 0.05) is 6.07 Å². The van der Waals surface area contributed by atoms with Crippen LogP contribution < -0.4 is 4.74 Å². The molecule has 1 saturated heterocycles. The van der Waals surface area contributed by atoms with Gasteiger partial charge in [-0.3, -0.25) is 10.1 Å². The normalized spacial score (nSPS) is 30.9. The quantitative estimate of drug-likeness (QED) is 0.496. The summed E-state index contributed by atoms with van der Waals surface area (Å²) in [7, 11) is 0. The first-order valence-corrected chi connectivity index (χ1v) is 5.56. The second-order valence-corrected chi connectivity index (χ2v) is 4.09. The molecule has 4 atom stereocenters. The van der Waals surface area contributed by atoms with Gasteiger partial charge >= 0.3 is 5.69 Å². The first-order valence-electron chi connectivity index (χ1n) is 5.56. The summed E-state index contributed by atoms with van der Waals surface area (Å²) >= 11 is 0. The van der Waals surface area contributed by atoms with Crippen LogP contribution in [0.2, 0.25) is 0 Å². The number of hydrogen-bond donors (Lipinski definition) is 3. The fourth-order valence-electron chi connectivity index (χ4n) is 1.72. The molecule has 8 nitrogen and oxygen atoms in total. The van der Waals surface area contributed by atoms with E-state index in [1.54, 1.807) is 0 Å². The number of benzene rings is 1. The minimum atomic E-state index is -1.50. The van der Waals surface area contributed by atoms with E-state index in [9.17, 15) is 25.4 Å². The molecule has 2 rings (SSSR count). The summed E-state index contributed by atoms with van der Waals surface area (Å²) < 4.78 is 10.2. The number of ether oxygens (including phenoxy) is 2. The van der Waals surface area contributed by atoms with E-state index >= 15 is 0 Å². The van der Waals surface area contributed by atoms with E-state index in [2.05, 4.69) is 0 Å². The van der Waals surface area contributed by atoms with Crippen molar-refractivity contribution in [2.24, 2.45) is 0 Å². The van der Waals surface area contributed by atoms with Crippen molar-refractivity contribution in [1.29, 1.82) is 0 Å². The van der Waals surface area contributed by atoms with Crippen molar-refractivity contribution in [3.05, 3.63) is 34.4 Å². The van der Waals surface area contributed by atoms with Gasteiger partial charge in [0.15, 0.2) is 5.75 Å². The fraction of sp³-hybridized carbons (Fsp3) is 0.455. The zero-order valence-electron chi connectivity index (χ0n) is 9.75. The van der Waals surface area contributed by atoms with Crippen molar-refractivity contribution in [3.63, 3.8) is 0 Å². The van der Waals surface area contributed by atoms with Gasteiger partial charge in [-0.05, 0) is 6.07 Å². The highest BCUT2D eigenvalue weighted by molar-refractivity contribution is 5.45. The van der Waals surface area contributed by atoms with Crippen molar-refractivity contribution in [2.75, 3.05) is 6.61 Å². The number of nitro groups is 1. The number of aliphatic hydroxyl groups excluding tert-OH is 3. The summed E-state index contributed by atoms with van der Waals surface area (Å²) in [6.07, 6.45) is -5.43. The Kier molecular flexibility index (Phi) is 3.96. The summed E-state index contributed by atoms with van der Waals surface area (Å²) in [6.45, 7) is -0.233. The van der Waals surface area contributed by atoms with Gasteiger partial charge in [-0.15, -0.1) is 0 Å². The van der Waals surface area contributed by atoms with Crippen LogP contribution in [-0.4, -0.2) is 51.5 Å². The lowest BCUT2D eigenvalue weighted by molar-refractivity contribution is -0.386. The van der Waals surface area contributed by atoms with Gasteiger partial charge in [-0.1, -0.05) is 12.1 Å². The molecule has 0 spiro atoms. The van der Waals surface area contributed by atoms with E-state index in [-0.39, 0.29) is 18.0 Å². The van der Waals surface area contributed by atoms with Gasteiger partial charge in [-0.2, -0.15) is 0 Å². The third kappa shape index (κ3) is 2.82. The van der Waals surface area contributed by atoms with Crippen LogP contribution in [0.15, 0.2) is 24.3 Å². The summed E-state index contributed by atoms with van der Waals surface area (Å²) in [5.74, 6) is -0.0832. The lowest BCUT2D eigenvalue weighted by Gasteiger charge is -2.34. The average molecular weight is 271 g/mol. The SMILES string of the molecule is O=[N+]([O-])c1ccccc1O[C@H]1OC[C@H](O)[C@@H](O)[C@H]1O. The van der Waals surface area contributed by atoms with E-state index in [1.165, 1.54) is 24.3 Å². The van der Waals surface area contributed by atoms with Crippen molar-refractivity contribution in [1.82, 2.24) is 0 Å². The Balaban J connectivity index is 2.15. The number of aliphatic hydroxyl groups is 3. The van der Waals surface area contributed by atoms with Gasteiger partial charge in [0.1, 0.15) is 18.3 Å². The molecular weight excluding hydrogens is 258 g/mol. The Bertz CT molecular complexity index is 466. The molecule has 1 fully saturated rings. The summed E-state index contributed by atoms with van der Waals surface area (Å²) in [5, 5.41) is 39.2. The van der Waals surface area contributed by atoms with Crippen molar-refractivity contribution < 1.29 is 29.7 Å². The van der Waals surface area contributed by atoms with Crippen LogP contribution in [0.3, 0.4) is 0 Å². The Hall–Kier alpha value is -1.74. The van der Waals surface area contributed by atoms with E-state index < -0.39 is 29.5 Å². The van der Waals surface area contributed by atoms with E-state index in [4.69, 9.17) is 9.47 Å². The smallest absolute Gasteiger partial charge is 0.311 e. The molecule has 1 aromatic rings. The highest BCUT2D eigenvalue weighted by Crippen LogP contribution is 2.29. The molecule has 0 aliphatic carbocycles. The van der Waals surface area contributed by atoms with Gasteiger partial charge < -0.3 is 24.8 Å². The molecule has 0 radical (unpaired) electrons. The molecule has 1 heterocycles. The molecule has 0 bridgehead atoms. The van der Waals surface area contributed by atoms with Gasteiger partial charge in [0.05, 0.1) is 11.5 Å². The van der Waals surface area contributed by atoms with Crippen LogP contribution >= 0.6 is 0 Å². The zero-order valence-corrected chi connectivity index (χ0v) is 9.75. The van der Waals surface area contributed by atoms with Crippen LogP contribution in [0.5, 0.6) is 5.75 Å². The molecule has 0 amide bonds. The molecule has 0 saturated carbocycles. The van der Waals surface area contributed by atoms with E-state index in [0.717, 1.165) is 0 Å². The van der Waals surface area contributed by atoms with E-state index in [1.807, 2.05) is 0 Å². The molecule has 8 heteroatoms. The summed E-state index contributed by atoms with van der Waals surface area (Å²) in [4.78, 5) is 10.2. The number of nitro benzene ring substituents is 1. The van der Waals surface area contributed by atoms with Crippen LogP contribution in [0.25, 0.3) is 0 Å². The molecule has 3 N–H and O–H groups in total. The Morgan fingerprint density at radius 3 is 2.63 bits per heavy atom. The number of hydrogen-bond acceptors (Lipinski definition) is 7. The lowest BCUT2D eigenvalue weighted by Crippen LogP contribution is -2.54. The highest BCUT2D eigenvalue weighted by atomic mass is 16.7. The number of rotatable bonds is 3. The van der Waals surface area contributed by atoms with E-state index in [0.29, 0.717) is 0 Å². The number of nitrogens with zero attached hydrogens (tertiary/aromatic N) is 1. The van der Waals surface area contributed by atoms with Crippen LogP contribution in [0.4, 0.5) is 5.69 Å². The predicted octanol–water partition coefficient (Wildman–Crippen LogP) is -0.587. The minimum Gasteiger partial charge on any atom is -0.455 e. The highest BCUT2D eigenvalue weighted by Gasteiger charge is 2.39. The van der Waals surface area contributed by atoms with Crippen molar-refractivity contribution in [2.45, 2.75) is 24.6 Å². The van der Waals surface area contributed by atoms with Crippen LogP contribution in [-0.2, 0) is 4.74 Å². The van der Waals surface area contributed by atoms with Gasteiger partial charge in [-0.25, -0.2) is 0 Å². The third-order valence-electron chi connectivity index (χ3n) is 2.76. The van der Waals surface area contributed by atoms with Gasteiger partial charge in [0.2, 0.25) is 6.29 Å². The molecule has 104 valence electrons. The topological polar surface area (TPSA) is 122 Å². The first kappa shape index (κ1) is 13.7. The van der Waals surface area contributed by atoms with Gasteiger partial charge in [0.25, 0.3) is 0 Å². The third-order valence-corrected chi connectivity index (χ3v) is 2.76. The Morgan fingerprint density at radius 1 is 1.26 bits per heavy atom. The first-order chi connectivity index (χ1) is 9.00. The monoisotopic (exact) mass is 271 g/mol. The van der Waals surface area contributed by atoms with Crippen LogP contribution in [0.1, 0.15) is 0 Å². The second-order valence-electron chi connectivity index (χ2n) is 4.09. The summed E-state index contributed by atoms with van der Waals surface area (Å²) in [6, 6.07) is 5.60. The fourth-order valence-corrected chi connectivity index (χ4v) is 1.72. The lowest BCUT2D eigenvalue weighted by atomic mass is 10.1. The molecule has 1 aromatic carbocycles. The molecule has 19 heavy (non-hydrogen) atoms.